The van der Waals surface area contributed by atoms with Crippen molar-refractivity contribution in [2.75, 3.05) is 6.54 Å². The predicted octanol–water partition coefficient (Wildman–Crippen LogP) is 3.66. The minimum atomic E-state index is 0.765. The van der Waals surface area contributed by atoms with Crippen molar-refractivity contribution in [2.45, 2.75) is 64.8 Å². The number of rotatable bonds is 5. The van der Waals surface area contributed by atoms with E-state index in [1.54, 1.807) is 5.57 Å². The lowest BCUT2D eigenvalue weighted by atomic mass is 9.98. The van der Waals surface area contributed by atoms with Crippen LogP contribution in [0.3, 0.4) is 0 Å². The van der Waals surface area contributed by atoms with Crippen LogP contribution in [-0.2, 0) is 0 Å². The third-order valence-corrected chi connectivity index (χ3v) is 3.03. The summed E-state index contributed by atoms with van der Waals surface area (Å²) in [5.41, 5.74) is 1.58. The molecule has 1 heterocycles. The second-order valence-corrected chi connectivity index (χ2v) is 4.54. The normalized spacial score (nSPS) is 23.9. The summed E-state index contributed by atoms with van der Waals surface area (Å²) in [6.07, 6.45) is 11.8. The van der Waals surface area contributed by atoms with Crippen LogP contribution in [0.15, 0.2) is 11.6 Å². The average molecular weight is 195 g/mol. The van der Waals surface area contributed by atoms with Crippen LogP contribution < -0.4 is 5.32 Å². The molecule has 0 amide bonds. The van der Waals surface area contributed by atoms with E-state index in [0.29, 0.717) is 0 Å². The molecule has 82 valence electrons. The van der Waals surface area contributed by atoms with Gasteiger partial charge in [-0.15, -0.1) is 0 Å². The molecular formula is C13H25N. The van der Waals surface area contributed by atoms with Crippen molar-refractivity contribution in [1.82, 2.24) is 5.32 Å². The number of nitrogens with one attached hydrogen (secondary N) is 1. The minimum absolute atomic E-state index is 0.765. The molecule has 0 aliphatic carbocycles. The van der Waals surface area contributed by atoms with Gasteiger partial charge in [-0.05, 0) is 39.2 Å². The van der Waals surface area contributed by atoms with Gasteiger partial charge in [-0.3, -0.25) is 0 Å². The third kappa shape index (κ3) is 4.80. The second-order valence-electron chi connectivity index (χ2n) is 4.54. The van der Waals surface area contributed by atoms with Crippen molar-refractivity contribution < 1.29 is 0 Å². The van der Waals surface area contributed by atoms with Crippen LogP contribution in [0.2, 0.25) is 0 Å². The van der Waals surface area contributed by atoms with Gasteiger partial charge in [0.15, 0.2) is 0 Å². The van der Waals surface area contributed by atoms with E-state index >= 15 is 0 Å². The molecule has 1 rings (SSSR count). The van der Waals surface area contributed by atoms with Gasteiger partial charge >= 0.3 is 0 Å². The lowest BCUT2D eigenvalue weighted by Crippen LogP contribution is -2.33. The van der Waals surface area contributed by atoms with E-state index in [0.717, 1.165) is 6.04 Å². The Morgan fingerprint density at radius 3 is 2.93 bits per heavy atom. The van der Waals surface area contributed by atoms with Gasteiger partial charge in [-0.25, -0.2) is 0 Å². The molecule has 1 aliphatic heterocycles. The number of piperidine rings is 1. The molecule has 14 heavy (non-hydrogen) atoms. The van der Waals surface area contributed by atoms with E-state index in [9.17, 15) is 0 Å². The molecule has 1 nitrogen and oxygen atoms in total. The standard InChI is InChI=1S/C13H25N/c1-3-4-5-8-12(2)11-13-9-6-7-10-14-13/h8,13-14H,3-7,9-11H2,1-2H3/b12-8-. The van der Waals surface area contributed by atoms with Gasteiger partial charge < -0.3 is 5.32 Å². The SMILES string of the molecule is CCCC/C=C(/C)CC1CCCCN1. The topological polar surface area (TPSA) is 12.0 Å². The summed E-state index contributed by atoms with van der Waals surface area (Å²) >= 11 is 0. The zero-order chi connectivity index (χ0) is 10.2. The predicted molar refractivity (Wildman–Crippen MR) is 63.5 cm³/mol. The largest absolute Gasteiger partial charge is 0.314 e. The molecule has 0 aromatic rings. The van der Waals surface area contributed by atoms with Crippen LogP contribution in [-0.4, -0.2) is 12.6 Å². The van der Waals surface area contributed by atoms with Crippen molar-refractivity contribution in [3.8, 4) is 0 Å². The Morgan fingerprint density at radius 1 is 1.43 bits per heavy atom. The smallest absolute Gasteiger partial charge is 0.0104 e. The molecule has 1 fully saturated rings. The van der Waals surface area contributed by atoms with Crippen molar-refractivity contribution in [2.24, 2.45) is 0 Å². The summed E-state index contributed by atoms with van der Waals surface area (Å²) in [7, 11) is 0. The molecule has 0 aromatic heterocycles. The highest BCUT2D eigenvalue weighted by Gasteiger charge is 2.11. The van der Waals surface area contributed by atoms with E-state index in [1.165, 1.54) is 51.5 Å². The highest BCUT2D eigenvalue weighted by Crippen LogP contribution is 2.15. The second kappa shape index (κ2) is 7.05. The number of hydrogen-bond donors (Lipinski definition) is 1. The molecule has 0 bridgehead atoms. The molecule has 1 aliphatic rings. The molecular weight excluding hydrogens is 170 g/mol. The molecule has 1 N–H and O–H groups in total. The van der Waals surface area contributed by atoms with Gasteiger partial charge in [0.25, 0.3) is 0 Å². The lowest BCUT2D eigenvalue weighted by Gasteiger charge is -2.23. The Kier molecular flexibility index (Phi) is 5.93. The molecule has 1 saturated heterocycles. The molecule has 1 heteroatoms. The first-order valence-corrected chi connectivity index (χ1v) is 6.22. The Bertz CT molecular complexity index is 166. The van der Waals surface area contributed by atoms with E-state index < -0.39 is 0 Å². The fraction of sp³-hybridized carbons (Fsp3) is 0.846. The van der Waals surface area contributed by atoms with Gasteiger partial charge in [-0.2, -0.15) is 0 Å². The van der Waals surface area contributed by atoms with Crippen molar-refractivity contribution >= 4 is 0 Å². The Morgan fingerprint density at radius 2 is 2.29 bits per heavy atom. The van der Waals surface area contributed by atoms with E-state index in [4.69, 9.17) is 0 Å². The lowest BCUT2D eigenvalue weighted by molar-refractivity contribution is 0.398. The fourth-order valence-electron chi connectivity index (χ4n) is 2.12. The van der Waals surface area contributed by atoms with Gasteiger partial charge in [0.1, 0.15) is 0 Å². The molecule has 1 atom stereocenters. The Labute approximate surface area is 89.0 Å². The van der Waals surface area contributed by atoms with E-state index in [2.05, 4.69) is 25.2 Å². The first kappa shape index (κ1) is 11.8. The van der Waals surface area contributed by atoms with Crippen LogP contribution in [0.4, 0.5) is 0 Å². The van der Waals surface area contributed by atoms with Crippen LogP contribution in [0.25, 0.3) is 0 Å². The first-order chi connectivity index (χ1) is 6.83. The fourth-order valence-corrected chi connectivity index (χ4v) is 2.12. The summed E-state index contributed by atoms with van der Waals surface area (Å²) in [5, 5.41) is 3.60. The van der Waals surface area contributed by atoms with Crippen LogP contribution in [0, 0.1) is 0 Å². The van der Waals surface area contributed by atoms with E-state index in [1.807, 2.05) is 0 Å². The molecule has 0 saturated carbocycles. The number of allylic oxidation sites excluding steroid dienone is 1. The van der Waals surface area contributed by atoms with Crippen molar-refractivity contribution in [3.05, 3.63) is 11.6 Å². The van der Waals surface area contributed by atoms with Gasteiger partial charge in [-0.1, -0.05) is 37.8 Å². The van der Waals surface area contributed by atoms with Crippen molar-refractivity contribution in [3.63, 3.8) is 0 Å². The summed E-state index contributed by atoms with van der Waals surface area (Å²) in [6, 6.07) is 0.765. The Hall–Kier alpha value is -0.300. The van der Waals surface area contributed by atoms with Gasteiger partial charge in [0.2, 0.25) is 0 Å². The highest BCUT2D eigenvalue weighted by molar-refractivity contribution is 5.01. The average Bonchev–Trinajstić information content (AvgIpc) is 2.20. The van der Waals surface area contributed by atoms with E-state index in [-0.39, 0.29) is 0 Å². The maximum atomic E-state index is 3.60. The maximum Gasteiger partial charge on any atom is 0.0104 e. The summed E-state index contributed by atoms with van der Waals surface area (Å²) in [5.74, 6) is 0. The molecule has 0 spiro atoms. The summed E-state index contributed by atoms with van der Waals surface area (Å²) in [4.78, 5) is 0. The minimum Gasteiger partial charge on any atom is -0.314 e. The summed E-state index contributed by atoms with van der Waals surface area (Å²) in [6.45, 7) is 5.77. The quantitative estimate of drug-likeness (QED) is 0.521. The highest BCUT2D eigenvalue weighted by atomic mass is 14.9. The number of unbranched alkanes of at least 4 members (excludes halogenated alkanes) is 2. The van der Waals surface area contributed by atoms with Gasteiger partial charge in [0, 0.05) is 6.04 Å². The molecule has 0 radical (unpaired) electrons. The molecule has 1 unspecified atom stereocenters. The number of hydrogen-bond acceptors (Lipinski definition) is 1. The zero-order valence-electron chi connectivity index (χ0n) is 9.81. The van der Waals surface area contributed by atoms with Gasteiger partial charge in [0.05, 0.1) is 0 Å². The molecule has 0 aromatic carbocycles. The first-order valence-electron chi connectivity index (χ1n) is 6.22. The Balaban J connectivity index is 2.17. The maximum absolute atomic E-state index is 3.60. The van der Waals surface area contributed by atoms with Crippen molar-refractivity contribution in [1.29, 1.82) is 0 Å². The van der Waals surface area contributed by atoms with Crippen LogP contribution in [0.1, 0.15) is 58.8 Å². The monoisotopic (exact) mass is 195 g/mol. The van der Waals surface area contributed by atoms with Crippen LogP contribution in [0.5, 0.6) is 0 Å². The van der Waals surface area contributed by atoms with Crippen LogP contribution >= 0.6 is 0 Å². The summed E-state index contributed by atoms with van der Waals surface area (Å²) < 4.78 is 0. The zero-order valence-corrected chi connectivity index (χ0v) is 9.81. The third-order valence-electron chi connectivity index (χ3n) is 3.03.